The van der Waals surface area contributed by atoms with E-state index in [9.17, 15) is 9.59 Å². The second-order valence-corrected chi connectivity index (χ2v) is 9.04. The summed E-state index contributed by atoms with van der Waals surface area (Å²) in [5.74, 6) is -0.287. The van der Waals surface area contributed by atoms with Crippen molar-refractivity contribution in [1.29, 1.82) is 0 Å². The number of carbonyl (C=O) groups is 2. The molecule has 1 atom stereocenters. The Balaban J connectivity index is 2.04. The number of ether oxygens (including phenoxy) is 1. The Kier molecular flexibility index (Phi) is 4.68. The number of amides is 2. The van der Waals surface area contributed by atoms with Gasteiger partial charge in [0.2, 0.25) is 0 Å². The zero-order valence-electron chi connectivity index (χ0n) is 14.9. The molecule has 0 spiro atoms. The van der Waals surface area contributed by atoms with Crippen LogP contribution >= 0.6 is 23.1 Å². The summed E-state index contributed by atoms with van der Waals surface area (Å²) in [4.78, 5) is 27.9. The summed E-state index contributed by atoms with van der Waals surface area (Å²) in [5, 5.41) is 7.07. The standard InChI is InChI=1S/C17H21N3O3S2/c1-9-8-10-12(14(21)20(9)16(22)23-17(2,3)4)15(24-5)25-13(10)11-6-7-18-19-11/h6-7,9H,8H2,1-5H3,(H,18,19). The van der Waals surface area contributed by atoms with E-state index in [-0.39, 0.29) is 11.9 Å². The first-order chi connectivity index (χ1) is 11.7. The largest absolute Gasteiger partial charge is 0.443 e. The van der Waals surface area contributed by atoms with Crippen molar-refractivity contribution in [2.75, 3.05) is 6.26 Å². The van der Waals surface area contributed by atoms with Crippen LogP contribution in [-0.4, -0.2) is 45.0 Å². The summed E-state index contributed by atoms with van der Waals surface area (Å²) in [6.07, 6.45) is 3.71. The molecule has 0 radical (unpaired) electrons. The molecule has 0 aliphatic carbocycles. The maximum atomic E-state index is 13.1. The number of carbonyl (C=O) groups excluding carboxylic acids is 2. The van der Waals surface area contributed by atoms with E-state index in [1.807, 2.05) is 19.2 Å². The number of thioether (sulfide) groups is 1. The lowest BCUT2D eigenvalue weighted by Crippen LogP contribution is -2.49. The van der Waals surface area contributed by atoms with E-state index in [4.69, 9.17) is 4.74 Å². The van der Waals surface area contributed by atoms with Crippen molar-refractivity contribution in [3.05, 3.63) is 23.4 Å². The van der Waals surface area contributed by atoms with E-state index in [1.54, 1.807) is 38.3 Å². The number of imide groups is 1. The number of nitrogens with zero attached hydrogens (tertiary/aromatic N) is 2. The summed E-state index contributed by atoms with van der Waals surface area (Å²) in [6, 6.07) is 1.63. The average molecular weight is 380 g/mol. The Bertz CT molecular complexity index is 806. The second kappa shape index (κ2) is 6.49. The molecule has 1 unspecified atom stereocenters. The summed E-state index contributed by atoms with van der Waals surface area (Å²) in [7, 11) is 0. The topological polar surface area (TPSA) is 75.3 Å². The molecular formula is C17H21N3O3S2. The third-order valence-electron chi connectivity index (χ3n) is 3.86. The summed E-state index contributed by atoms with van der Waals surface area (Å²) in [6.45, 7) is 7.25. The third kappa shape index (κ3) is 3.32. The molecular weight excluding hydrogens is 358 g/mol. The number of rotatable bonds is 2. The van der Waals surface area contributed by atoms with E-state index in [1.165, 1.54) is 16.7 Å². The van der Waals surface area contributed by atoms with Crippen molar-refractivity contribution in [2.24, 2.45) is 0 Å². The van der Waals surface area contributed by atoms with Gasteiger partial charge in [0.15, 0.2) is 0 Å². The van der Waals surface area contributed by atoms with E-state index < -0.39 is 11.7 Å². The van der Waals surface area contributed by atoms with Crippen LogP contribution in [0.5, 0.6) is 0 Å². The highest BCUT2D eigenvalue weighted by Crippen LogP contribution is 2.44. The molecule has 3 heterocycles. The van der Waals surface area contributed by atoms with Crippen molar-refractivity contribution >= 4 is 35.1 Å². The number of hydrogen-bond donors (Lipinski definition) is 1. The van der Waals surface area contributed by atoms with Gasteiger partial charge in [0.05, 0.1) is 14.6 Å². The number of aromatic nitrogens is 2. The molecule has 2 aromatic rings. The van der Waals surface area contributed by atoms with Crippen LogP contribution in [0.3, 0.4) is 0 Å². The molecule has 1 N–H and O–H groups in total. The lowest BCUT2D eigenvalue weighted by atomic mass is 9.95. The van der Waals surface area contributed by atoms with Crippen LogP contribution in [0, 0.1) is 0 Å². The normalized spacial score (nSPS) is 17.6. The highest BCUT2D eigenvalue weighted by Gasteiger charge is 2.40. The number of H-pyrrole nitrogens is 1. The van der Waals surface area contributed by atoms with Crippen LogP contribution in [0.25, 0.3) is 10.6 Å². The summed E-state index contributed by atoms with van der Waals surface area (Å²) in [5.41, 5.74) is 1.76. The summed E-state index contributed by atoms with van der Waals surface area (Å²) < 4.78 is 6.33. The van der Waals surface area contributed by atoms with Gasteiger partial charge in [0.1, 0.15) is 11.3 Å². The van der Waals surface area contributed by atoms with Gasteiger partial charge in [-0.05, 0) is 52.0 Å². The van der Waals surface area contributed by atoms with Crippen LogP contribution in [0.2, 0.25) is 0 Å². The first-order valence-electron chi connectivity index (χ1n) is 7.99. The van der Waals surface area contributed by atoms with Crippen LogP contribution in [0.4, 0.5) is 4.79 Å². The average Bonchev–Trinajstić information content (AvgIpc) is 3.11. The lowest BCUT2D eigenvalue weighted by molar-refractivity contribution is 0.0164. The molecule has 0 aromatic carbocycles. The zero-order chi connectivity index (χ0) is 18.4. The Morgan fingerprint density at radius 1 is 1.48 bits per heavy atom. The molecule has 2 amide bonds. The van der Waals surface area contributed by atoms with Gasteiger partial charge in [-0.25, -0.2) is 9.69 Å². The van der Waals surface area contributed by atoms with E-state index >= 15 is 0 Å². The van der Waals surface area contributed by atoms with Gasteiger partial charge in [-0.2, -0.15) is 5.10 Å². The van der Waals surface area contributed by atoms with E-state index in [0.29, 0.717) is 12.0 Å². The second-order valence-electron chi connectivity index (χ2n) is 6.94. The fourth-order valence-electron chi connectivity index (χ4n) is 2.87. The lowest BCUT2D eigenvalue weighted by Gasteiger charge is -2.33. The number of nitrogens with one attached hydrogen (secondary N) is 1. The molecule has 0 bridgehead atoms. The fraction of sp³-hybridized carbons (Fsp3) is 0.471. The van der Waals surface area contributed by atoms with Crippen LogP contribution in [0.1, 0.15) is 43.6 Å². The van der Waals surface area contributed by atoms with Gasteiger partial charge in [-0.1, -0.05) is 0 Å². The molecule has 1 aliphatic heterocycles. The molecule has 0 fully saturated rings. The van der Waals surface area contributed by atoms with Crippen molar-refractivity contribution in [2.45, 2.75) is 50.0 Å². The number of fused-ring (bicyclic) bond motifs is 1. The van der Waals surface area contributed by atoms with Gasteiger partial charge >= 0.3 is 6.09 Å². The van der Waals surface area contributed by atoms with Gasteiger partial charge in [0.25, 0.3) is 5.91 Å². The minimum atomic E-state index is -0.644. The monoisotopic (exact) mass is 379 g/mol. The minimum absolute atomic E-state index is 0.267. The zero-order valence-corrected chi connectivity index (χ0v) is 16.5. The molecule has 8 heteroatoms. The van der Waals surface area contributed by atoms with Crippen molar-refractivity contribution < 1.29 is 14.3 Å². The Hall–Kier alpha value is -1.80. The first-order valence-corrected chi connectivity index (χ1v) is 10.0. The molecule has 6 nitrogen and oxygen atoms in total. The van der Waals surface area contributed by atoms with E-state index in [2.05, 4.69) is 10.2 Å². The summed E-state index contributed by atoms with van der Waals surface area (Å²) >= 11 is 3.06. The maximum absolute atomic E-state index is 13.1. The highest BCUT2D eigenvalue weighted by molar-refractivity contribution is 8.00. The first kappa shape index (κ1) is 18.0. The molecule has 1 aliphatic rings. The van der Waals surface area contributed by atoms with Crippen molar-refractivity contribution in [3.8, 4) is 10.6 Å². The van der Waals surface area contributed by atoms with Crippen LogP contribution < -0.4 is 0 Å². The minimum Gasteiger partial charge on any atom is -0.443 e. The molecule has 0 saturated heterocycles. The number of thiophene rings is 1. The molecule has 134 valence electrons. The van der Waals surface area contributed by atoms with Gasteiger partial charge in [-0.15, -0.1) is 23.1 Å². The molecule has 25 heavy (non-hydrogen) atoms. The van der Waals surface area contributed by atoms with Crippen molar-refractivity contribution in [1.82, 2.24) is 15.1 Å². The highest BCUT2D eigenvalue weighted by atomic mass is 32.2. The molecule has 3 rings (SSSR count). The van der Waals surface area contributed by atoms with Gasteiger partial charge in [0, 0.05) is 12.2 Å². The number of hydrogen-bond acceptors (Lipinski definition) is 6. The predicted molar refractivity (Wildman–Crippen MR) is 99.3 cm³/mol. The van der Waals surface area contributed by atoms with Crippen molar-refractivity contribution in [3.63, 3.8) is 0 Å². The van der Waals surface area contributed by atoms with Crippen LogP contribution in [-0.2, 0) is 11.2 Å². The van der Waals surface area contributed by atoms with Gasteiger partial charge < -0.3 is 4.74 Å². The predicted octanol–water partition coefficient (Wildman–Crippen LogP) is 4.18. The number of aromatic amines is 1. The Morgan fingerprint density at radius 3 is 2.76 bits per heavy atom. The SMILES string of the molecule is CSc1sc(-c2cc[nH]n2)c2c1C(=O)N(C(=O)OC(C)(C)C)C(C)C2. The Labute approximate surface area is 154 Å². The molecule has 2 aromatic heterocycles. The van der Waals surface area contributed by atoms with Crippen LogP contribution in [0.15, 0.2) is 16.5 Å². The Morgan fingerprint density at radius 2 is 2.20 bits per heavy atom. The smallest absolute Gasteiger partial charge is 0.417 e. The third-order valence-corrected chi connectivity index (χ3v) is 6.23. The van der Waals surface area contributed by atoms with Gasteiger partial charge in [-0.3, -0.25) is 9.89 Å². The maximum Gasteiger partial charge on any atom is 0.417 e. The fourth-order valence-corrected chi connectivity index (χ4v) is 4.89. The molecule has 0 saturated carbocycles. The van der Waals surface area contributed by atoms with E-state index in [0.717, 1.165) is 20.3 Å². The quantitative estimate of drug-likeness (QED) is 0.792.